The van der Waals surface area contributed by atoms with Gasteiger partial charge < -0.3 is 5.32 Å². The number of amides is 1. The van der Waals surface area contributed by atoms with Crippen LogP contribution in [-0.2, 0) is 13.0 Å². The maximum absolute atomic E-state index is 12.1. The third-order valence-corrected chi connectivity index (χ3v) is 2.94. The van der Waals surface area contributed by atoms with Crippen LogP contribution in [0.1, 0.15) is 28.4 Å². The first kappa shape index (κ1) is 12.4. The van der Waals surface area contributed by atoms with E-state index in [2.05, 4.69) is 12.2 Å². The van der Waals surface area contributed by atoms with Crippen molar-refractivity contribution >= 4 is 5.91 Å². The Kier molecular flexibility index (Phi) is 4.13. The summed E-state index contributed by atoms with van der Waals surface area (Å²) in [6.07, 6.45) is 0.870. The van der Waals surface area contributed by atoms with Crippen molar-refractivity contribution in [1.29, 1.82) is 0 Å². The minimum atomic E-state index is -0.00342. The lowest BCUT2D eigenvalue weighted by molar-refractivity contribution is 0.0950. The lowest BCUT2D eigenvalue weighted by atomic mass is 10.0. The monoisotopic (exact) mass is 239 g/mol. The summed E-state index contributed by atoms with van der Waals surface area (Å²) in [5.41, 5.74) is 2.97. The molecule has 0 aliphatic heterocycles. The molecule has 2 nitrogen and oxygen atoms in total. The van der Waals surface area contributed by atoms with Crippen LogP contribution in [0.4, 0.5) is 0 Å². The van der Waals surface area contributed by atoms with Crippen LogP contribution in [0.25, 0.3) is 0 Å². The van der Waals surface area contributed by atoms with Crippen LogP contribution in [0.15, 0.2) is 54.6 Å². The van der Waals surface area contributed by atoms with Gasteiger partial charge in [0.05, 0.1) is 0 Å². The summed E-state index contributed by atoms with van der Waals surface area (Å²) >= 11 is 0. The number of benzene rings is 2. The molecule has 0 aliphatic carbocycles. The van der Waals surface area contributed by atoms with E-state index >= 15 is 0 Å². The highest BCUT2D eigenvalue weighted by atomic mass is 16.1. The number of nitrogens with one attached hydrogen (secondary N) is 1. The van der Waals surface area contributed by atoms with Gasteiger partial charge in [0.25, 0.3) is 5.91 Å². The van der Waals surface area contributed by atoms with Crippen LogP contribution in [-0.4, -0.2) is 5.91 Å². The average molecular weight is 239 g/mol. The van der Waals surface area contributed by atoms with E-state index in [0.29, 0.717) is 6.54 Å². The summed E-state index contributed by atoms with van der Waals surface area (Å²) < 4.78 is 0. The second kappa shape index (κ2) is 6.01. The highest BCUT2D eigenvalue weighted by Crippen LogP contribution is 2.09. The molecular weight excluding hydrogens is 222 g/mol. The highest BCUT2D eigenvalue weighted by Gasteiger charge is 2.08. The zero-order valence-electron chi connectivity index (χ0n) is 10.5. The quantitative estimate of drug-likeness (QED) is 0.872. The van der Waals surface area contributed by atoms with Gasteiger partial charge in [-0.15, -0.1) is 0 Å². The molecule has 0 saturated carbocycles. The van der Waals surface area contributed by atoms with Crippen molar-refractivity contribution < 1.29 is 4.79 Å². The third-order valence-electron chi connectivity index (χ3n) is 2.94. The Morgan fingerprint density at radius 3 is 2.39 bits per heavy atom. The van der Waals surface area contributed by atoms with E-state index in [0.717, 1.165) is 23.1 Å². The molecular formula is C16H17NO. The van der Waals surface area contributed by atoms with E-state index in [-0.39, 0.29) is 5.91 Å². The Morgan fingerprint density at radius 1 is 1.00 bits per heavy atom. The molecule has 2 aromatic rings. The molecule has 2 heteroatoms. The van der Waals surface area contributed by atoms with Crippen molar-refractivity contribution in [2.45, 2.75) is 19.9 Å². The van der Waals surface area contributed by atoms with E-state index in [1.54, 1.807) is 0 Å². The van der Waals surface area contributed by atoms with Gasteiger partial charge in [-0.05, 0) is 23.6 Å². The van der Waals surface area contributed by atoms with Crippen LogP contribution in [0.5, 0.6) is 0 Å². The molecule has 0 spiro atoms. The number of carbonyl (C=O) groups excluding carboxylic acids is 1. The predicted octanol–water partition coefficient (Wildman–Crippen LogP) is 3.18. The second-order valence-electron chi connectivity index (χ2n) is 4.18. The van der Waals surface area contributed by atoms with Crippen molar-refractivity contribution in [3.63, 3.8) is 0 Å². The number of hydrogen-bond acceptors (Lipinski definition) is 1. The fourth-order valence-corrected chi connectivity index (χ4v) is 1.92. The summed E-state index contributed by atoms with van der Waals surface area (Å²) in [5, 5.41) is 2.95. The first-order valence-electron chi connectivity index (χ1n) is 6.21. The Labute approximate surface area is 108 Å². The zero-order chi connectivity index (χ0) is 12.8. The van der Waals surface area contributed by atoms with Gasteiger partial charge in [0.15, 0.2) is 0 Å². The summed E-state index contributed by atoms with van der Waals surface area (Å²) in [6.45, 7) is 2.63. The van der Waals surface area contributed by atoms with Crippen LogP contribution < -0.4 is 5.32 Å². The first-order valence-corrected chi connectivity index (χ1v) is 6.21. The van der Waals surface area contributed by atoms with Gasteiger partial charge in [-0.1, -0.05) is 55.5 Å². The molecule has 0 unspecified atom stereocenters. The molecule has 0 aromatic heterocycles. The largest absolute Gasteiger partial charge is 0.348 e. The number of rotatable bonds is 4. The fraction of sp³-hybridized carbons (Fsp3) is 0.188. The van der Waals surface area contributed by atoms with E-state index in [1.165, 1.54) is 0 Å². The molecule has 0 atom stereocenters. The normalized spacial score (nSPS) is 10.1. The van der Waals surface area contributed by atoms with Crippen LogP contribution in [0.3, 0.4) is 0 Å². The van der Waals surface area contributed by atoms with Crippen LogP contribution >= 0.6 is 0 Å². The Balaban J connectivity index is 2.04. The minimum Gasteiger partial charge on any atom is -0.348 e. The summed E-state index contributed by atoms with van der Waals surface area (Å²) in [5.74, 6) is -0.00342. The Morgan fingerprint density at radius 2 is 1.67 bits per heavy atom. The van der Waals surface area contributed by atoms with Gasteiger partial charge >= 0.3 is 0 Å². The molecule has 0 bridgehead atoms. The molecule has 18 heavy (non-hydrogen) atoms. The summed E-state index contributed by atoms with van der Waals surface area (Å²) in [6, 6.07) is 17.7. The summed E-state index contributed by atoms with van der Waals surface area (Å²) in [4.78, 5) is 12.1. The number of aryl methyl sites for hydroxylation is 1. The molecule has 0 radical (unpaired) electrons. The van der Waals surface area contributed by atoms with Crippen molar-refractivity contribution in [3.05, 3.63) is 71.3 Å². The van der Waals surface area contributed by atoms with Gasteiger partial charge in [0.1, 0.15) is 0 Å². The van der Waals surface area contributed by atoms with Gasteiger partial charge in [-0.25, -0.2) is 0 Å². The van der Waals surface area contributed by atoms with E-state index in [1.807, 2.05) is 54.6 Å². The number of hydrogen-bond donors (Lipinski definition) is 1. The standard InChI is InChI=1S/C16H17NO/c1-2-14-10-6-7-11-15(14)16(18)17-12-13-8-4-3-5-9-13/h3-11H,2,12H2,1H3,(H,17,18). The van der Waals surface area contributed by atoms with E-state index in [9.17, 15) is 4.79 Å². The molecule has 1 N–H and O–H groups in total. The lowest BCUT2D eigenvalue weighted by Crippen LogP contribution is -2.23. The fourth-order valence-electron chi connectivity index (χ4n) is 1.92. The summed E-state index contributed by atoms with van der Waals surface area (Å²) in [7, 11) is 0. The molecule has 0 saturated heterocycles. The average Bonchev–Trinajstić information content (AvgIpc) is 2.45. The third kappa shape index (κ3) is 2.98. The smallest absolute Gasteiger partial charge is 0.251 e. The van der Waals surface area contributed by atoms with Crippen LogP contribution in [0, 0.1) is 0 Å². The minimum absolute atomic E-state index is 0.00342. The maximum Gasteiger partial charge on any atom is 0.251 e. The molecule has 0 heterocycles. The number of carbonyl (C=O) groups is 1. The van der Waals surface area contributed by atoms with Crippen LogP contribution in [0.2, 0.25) is 0 Å². The zero-order valence-corrected chi connectivity index (χ0v) is 10.5. The van der Waals surface area contributed by atoms with Crippen molar-refractivity contribution in [2.75, 3.05) is 0 Å². The van der Waals surface area contributed by atoms with Gasteiger partial charge in [-0.2, -0.15) is 0 Å². The lowest BCUT2D eigenvalue weighted by Gasteiger charge is -2.08. The van der Waals surface area contributed by atoms with Gasteiger partial charge in [0, 0.05) is 12.1 Å². The SMILES string of the molecule is CCc1ccccc1C(=O)NCc1ccccc1. The topological polar surface area (TPSA) is 29.1 Å². The Hall–Kier alpha value is -2.09. The van der Waals surface area contributed by atoms with E-state index < -0.39 is 0 Å². The molecule has 1 amide bonds. The predicted molar refractivity (Wildman–Crippen MR) is 73.4 cm³/mol. The highest BCUT2D eigenvalue weighted by molar-refractivity contribution is 5.95. The molecule has 0 aliphatic rings. The molecule has 2 aromatic carbocycles. The van der Waals surface area contributed by atoms with Crippen molar-refractivity contribution in [3.8, 4) is 0 Å². The van der Waals surface area contributed by atoms with Gasteiger partial charge in [0.2, 0.25) is 0 Å². The van der Waals surface area contributed by atoms with Crippen molar-refractivity contribution in [2.24, 2.45) is 0 Å². The molecule has 2 rings (SSSR count). The second-order valence-corrected chi connectivity index (χ2v) is 4.18. The maximum atomic E-state index is 12.1. The van der Waals surface area contributed by atoms with Gasteiger partial charge in [-0.3, -0.25) is 4.79 Å². The van der Waals surface area contributed by atoms with Crippen molar-refractivity contribution in [1.82, 2.24) is 5.32 Å². The molecule has 0 fully saturated rings. The van der Waals surface area contributed by atoms with E-state index in [4.69, 9.17) is 0 Å². The first-order chi connectivity index (χ1) is 8.81. The molecule has 92 valence electrons. The Bertz CT molecular complexity index is 520.